The summed E-state index contributed by atoms with van der Waals surface area (Å²) in [5.74, 6) is 0.136. The van der Waals surface area contributed by atoms with Gasteiger partial charge in [-0.25, -0.2) is 0 Å². The first-order valence-corrected chi connectivity index (χ1v) is 8.66. The number of benzene rings is 2. The summed E-state index contributed by atoms with van der Waals surface area (Å²) in [6.07, 6.45) is 0. The van der Waals surface area contributed by atoms with E-state index in [1.165, 1.54) is 4.90 Å². The first-order valence-electron chi connectivity index (χ1n) is 8.66. The van der Waals surface area contributed by atoms with Crippen LogP contribution in [0.2, 0.25) is 0 Å². The summed E-state index contributed by atoms with van der Waals surface area (Å²) in [4.78, 5) is 26.9. The van der Waals surface area contributed by atoms with Gasteiger partial charge in [-0.2, -0.15) is 0 Å². The molecule has 1 aliphatic heterocycles. The highest BCUT2D eigenvalue weighted by Gasteiger charge is 2.41. The summed E-state index contributed by atoms with van der Waals surface area (Å²) in [6.45, 7) is 9.33. The number of nitrogens with one attached hydrogen (secondary N) is 1. The molecule has 0 saturated carbocycles. The van der Waals surface area contributed by atoms with Crippen molar-refractivity contribution in [1.29, 1.82) is 0 Å². The van der Waals surface area contributed by atoms with Crippen molar-refractivity contribution < 1.29 is 14.3 Å². The summed E-state index contributed by atoms with van der Waals surface area (Å²) >= 11 is 0. The van der Waals surface area contributed by atoms with E-state index < -0.39 is 5.60 Å². The van der Waals surface area contributed by atoms with Gasteiger partial charge < -0.3 is 10.1 Å². The summed E-state index contributed by atoms with van der Waals surface area (Å²) in [7, 11) is 0. The van der Waals surface area contributed by atoms with Crippen molar-refractivity contribution in [3.05, 3.63) is 53.1 Å². The van der Waals surface area contributed by atoms with Gasteiger partial charge in [0, 0.05) is 5.69 Å². The van der Waals surface area contributed by atoms with E-state index in [4.69, 9.17) is 4.74 Å². The highest BCUT2D eigenvalue weighted by Crippen LogP contribution is 2.38. The minimum Gasteiger partial charge on any atom is -0.476 e. The molecule has 5 heteroatoms. The largest absolute Gasteiger partial charge is 0.476 e. The van der Waals surface area contributed by atoms with Crippen molar-refractivity contribution in [2.24, 2.45) is 0 Å². The number of amides is 2. The number of hydrogen-bond donors (Lipinski definition) is 1. The number of hydrogen-bond acceptors (Lipinski definition) is 3. The van der Waals surface area contributed by atoms with Crippen LogP contribution in [0.4, 0.5) is 11.4 Å². The maximum atomic E-state index is 12.8. The molecule has 2 aromatic rings. The number of nitrogens with zero attached hydrogens (tertiary/aromatic N) is 1. The molecule has 2 aromatic carbocycles. The summed E-state index contributed by atoms with van der Waals surface area (Å²) < 4.78 is 5.82. The molecule has 2 amide bonds. The monoisotopic (exact) mass is 352 g/mol. The van der Waals surface area contributed by atoms with Gasteiger partial charge in [-0.1, -0.05) is 12.1 Å². The standard InChI is InChI=1S/C21H24N2O3/c1-13-6-9-18-17(10-13)23(20(25)21(4,5)26-18)12-19(24)22-16-8-7-14(2)15(3)11-16/h6-11H,12H2,1-5H3,(H,22,24). The molecule has 0 radical (unpaired) electrons. The Balaban J connectivity index is 1.85. The predicted molar refractivity (Wildman–Crippen MR) is 103 cm³/mol. The van der Waals surface area contributed by atoms with Gasteiger partial charge in [0.05, 0.1) is 5.69 Å². The molecule has 5 nitrogen and oxygen atoms in total. The minimum absolute atomic E-state index is 0.0605. The third kappa shape index (κ3) is 3.43. The maximum absolute atomic E-state index is 12.8. The topological polar surface area (TPSA) is 58.6 Å². The van der Waals surface area contributed by atoms with Gasteiger partial charge in [0.15, 0.2) is 5.60 Å². The lowest BCUT2D eigenvalue weighted by molar-refractivity contribution is -0.133. The second-order valence-corrected chi connectivity index (χ2v) is 7.32. The van der Waals surface area contributed by atoms with Crippen molar-refractivity contribution in [3.63, 3.8) is 0 Å². The van der Waals surface area contributed by atoms with Crippen LogP contribution in [0.25, 0.3) is 0 Å². The lowest BCUT2D eigenvalue weighted by atomic mass is 10.0. The molecular formula is C21H24N2O3. The normalized spacial score (nSPS) is 15.3. The predicted octanol–water partition coefficient (Wildman–Crippen LogP) is 3.75. The Morgan fingerprint density at radius 1 is 1.08 bits per heavy atom. The van der Waals surface area contributed by atoms with Gasteiger partial charge in [-0.15, -0.1) is 0 Å². The Morgan fingerprint density at radius 2 is 1.81 bits per heavy atom. The van der Waals surface area contributed by atoms with Crippen molar-refractivity contribution in [2.75, 3.05) is 16.8 Å². The fourth-order valence-corrected chi connectivity index (χ4v) is 3.00. The van der Waals surface area contributed by atoms with E-state index in [2.05, 4.69) is 5.32 Å². The summed E-state index contributed by atoms with van der Waals surface area (Å²) in [5.41, 5.74) is 3.61. The molecule has 0 saturated heterocycles. The number of ether oxygens (including phenoxy) is 1. The Morgan fingerprint density at radius 3 is 2.50 bits per heavy atom. The second-order valence-electron chi connectivity index (χ2n) is 7.32. The highest BCUT2D eigenvalue weighted by atomic mass is 16.5. The van der Waals surface area contributed by atoms with Crippen molar-refractivity contribution in [1.82, 2.24) is 0 Å². The van der Waals surface area contributed by atoms with Crippen LogP contribution >= 0.6 is 0 Å². The number of fused-ring (bicyclic) bond motifs is 1. The summed E-state index contributed by atoms with van der Waals surface area (Å²) in [6, 6.07) is 11.4. The maximum Gasteiger partial charge on any atom is 0.271 e. The smallest absolute Gasteiger partial charge is 0.271 e. The Bertz CT molecular complexity index is 887. The average Bonchev–Trinajstić information content (AvgIpc) is 2.56. The van der Waals surface area contributed by atoms with E-state index in [0.717, 1.165) is 22.4 Å². The van der Waals surface area contributed by atoms with Crippen LogP contribution in [0.15, 0.2) is 36.4 Å². The molecule has 0 unspecified atom stereocenters. The van der Waals surface area contributed by atoms with E-state index in [0.29, 0.717) is 11.4 Å². The molecule has 26 heavy (non-hydrogen) atoms. The molecule has 136 valence electrons. The number of anilines is 2. The molecule has 3 rings (SSSR count). The number of carbonyl (C=O) groups is 2. The third-order valence-corrected chi connectivity index (χ3v) is 4.62. The van der Waals surface area contributed by atoms with Crippen LogP contribution in [0.1, 0.15) is 30.5 Å². The fraction of sp³-hybridized carbons (Fsp3) is 0.333. The van der Waals surface area contributed by atoms with Crippen LogP contribution < -0.4 is 15.0 Å². The van der Waals surface area contributed by atoms with Crippen molar-refractivity contribution in [3.8, 4) is 5.75 Å². The number of rotatable bonds is 3. The van der Waals surface area contributed by atoms with Crippen LogP contribution in [0.3, 0.4) is 0 Å². The van der Waals surface area contributed by atoms with Crippen molar-refractivity contribution in [2.45, 2.75) is 40.2 Å². The third-order valence-electron chi connectivity index (χ3n) is 4.62. The molecule has 0 aromatic heterocycles. The molecular weight excluding hydrogens is 328 g/mol. The Kier molecular flexibility index (Phi) is 4.48. The zero-order valence-corrected chi connectivity index (χ0v) is 15.8. The van der Waals surface area contributed by atoms with Gasteiger partial charge in [0.2, 0.25) is 5.91 Å². The van der Waals surface area contributed by atoms with Gasteiger partial charge in [0.25, 0.3) is 5.91 Å². The lowest BCUT2D eigenvalue weighted by Gasteiger charge is -2.38. The molecule has 0 spiro atoms. The molecule has 0 atom stereocenters. The molecule has 1 aliphatic rings. The van der Waals surface area contributed by atoms with E-state index in [1.807, 2.05) is 57.2 Å². The van der Waals surface area contributed by atoms with Gasteiger partial charge in [-0.3, -0.25) is 14.5 Å². The zero-order chi connectivity index (χ0) is 19.1. The molecule has 1 heterocycles. The fourth-order valence-electron chi connectivity index (χ4n) is 3.00. The van der Waals surface area contributed by atoms with Crippen LogP contribution in [0, 0.1) is 20.8 Å². The Labute approximate surface area is 154 Å². The lowest BCUT2D eigenvalue weighted by Crippen LogP contribution is -2.54. The first-order chi connectivity index (χ1) is 12.2. The minimum atomic E-state index is -1.01. The van der Waals surface area contributed by atoms with Crippen LogP contribution in [-0.4, -0.2) is 24.0 Å². The molecule has 1 N–H and O–H groups in total. The van der Waals surface area contributed by atoms with Crippen LogP contribution in [0.5, 0.6) is 5.75 Å². The van der Waals surface area contributed by atoms with E-state index in [-0.39, 0.29) is 18.4 Å². The quantitative estimate of drug-likeness (QED) is 0.915. The van der Waals surface area contributed by atoms with Gasteiger partial charge in [-0.05, 0) is 75.6 Å². The van der Waals surface area contributed by atoms with E-state index in [9.17, 15) is 9.59 Å². The Hall–Kier alpha value is -2.82. The molecule has 0 fully saturated rings. The summed E-state index contributed by atoms with van der Waals surface area (Å²) in [5, 5.41) is 2.88. The highest BCUT2D eigenvalue weighted by molar-refractivity contribution is 6.07. The second kappa shape index (κ2) is 6.48. The van der Waals surface area contributed by atoms with E-state index >= 15 is 0 Å². The van der Waals surface area contributed by atoms with Gasteiger partial charge in [0.1, 0.15) is 12.3 Å². The number of carbonyl (C=O) groups excluding carboxylic acids is 2. The van der Waals surface area contributed by atoms with E-state index in [1.54, 1.807) is 13.8 Å². The molecule has 0 bridgehead atoms. The van der Waals surface area contributed by atoms with Gasteiger partial charge >= 0.3 is 0 Å². The molecule has 0 aliphatic carbocycles. The average molecular weight is 352 g/mol. The zero-order valence-electron chi connectivity index (χ0n) is 15.8. The number of aryl methyl sites for hydroxylation is 3. The SMILES string of the molecule is Cc1ccc2c(c1)N(CC(=O)Nc1ccc(C)c(C)c1)C(=O)C(C)(C)O2. The first kappa shape index (κ1) is 18.0. The van der Waals surface area contributed by atoms with Crippen LogP contribution in [-0.2, 0) is 9.59 Å². The van der Waals surface area contributed by atoms with Crippen molar-refractivity contribution >= 4 is 23.2 Å².